The van der Waals surface area contributed by atoms with Crippen LogP contribution >= 0.6 is 0 Å². The molecule has 0 spiro atoms. The molecule has 5 nitrogen and oxygen atoms in total. The molecule has 0 saturated heterocycles. The SMILES string of the molecule is Cc1ccc(S(=O)(=O)N(C)CC(=O)N[C@@H]2CCCC[C@@H]2C)cc1C. The number of carbonyl (C=O) groups is 1. The van der Waals surface area contributed by atoms with Gasteiger partial charge in [-0.25, -0.2) is 8.42 Å². The number of benzene rings is 1. The van der Waals surface area contributed by atoms with E-state index in [1.807, 2.05) is 13.8 Å². The molecule has 1 aromatic rings. The summed E-state index contributed by atoms with van der Waals surface area (Å²) >= 11 is 0. The minimum absolute atomic E-state index is 0.154. The molecule has 1 fully saturated rings. The minimum Gasteiger partial charge on any atom is -0.352 e. The Balaban J connectivity index is 2.03. The van der Waals surface area contributed by atoms with Gasteiger partial charge in [-0.05, 0) is 55.9 Å². The van der Waals surface area contributed by atoms with Crippen LogP contribution in [0.3, 0.4) is 0 Å². The number of rotatable bonds is 5. The van der Waals surface area contributed by atoms with Crippen LogP contribution in [0.15, 0.2) is 23.1 Å². The van der Waals surface area contributed by atoms with E-state index in [2.05, 4.69) is 12.2 Å². The summed E-state index contributed by atoms with van der Waals surface area (Å²) in [5, 5.41) is 3.00. The molecule has 0 aromatic heterocycles. The van der Waals surface area contributed by atoms with Gasteiger partial charge in [0.15, 0.2) is 0 Å². The number of amides is 1. The normalized spacial score (nSPS) is 21.7. The molecule has 0 heterocycles. The molecular weight excluding hydrogens is 324 g/mol. The van der Waals surface area contributed by atoms with Crippen LogP contribution in [-0.4, -0.2) is 38.3 Å². The zero-order chi connectivity index (χ0) is 17.9. The molecule has 0 unspecified atom stereocenters. The molecule has 2 atom stereocenters. The van der Waals surface area contributed by atoms with Gasteiger partial charge in [0.25, 0.3) is 0 Å². The predicted molar refractivity (Wildman–Crippen MR) is 95.3 cm³/mol. The Labute approximate surface area is 145 Å². The van der Waals surface area contributed by atoms with E-state index in [1.165, 1.54) is 13.5 Å². The van der Waals surface area contributed by atoms with Crippen molar-refractivity contribution in [2.24, 2.45) is 5.92 Å². The first-order valence-corrected chi connectivity index (χ1v) is 9.99. The first-order chi connectivity index (χ1) is 11.2. The number of hydrogen-bond donors (Lipinski definition) is 1. The molecule has 0 radical (unpaired) electrons. The van der Waals surface area contributed by atoms with Gasteiger partial charge >= 0.3 is 0 Å². The number of aryl methyl sites for hydroxylation is 2. The maximum atomic E-state index is 12.6. The van der Waals surface area contributed by atoms with Crippen LogP contribution in [0.5, 0.6) is 0 Å². The summed E-state index contributed by atoms with van der Waals surface area (Å²) in [6.07, 6.45) is 4.41. The monoisotopic (exact) mass is 352 g/mol. The Morgan fingerprint density at radius 2 is 1.88 bits per heavy atom. The van der Waals surface area contributed by atoms with Crippen molar-refractivity contribution in [1.82, 2.24) is 9.62 Å². The lowest BCUT2D eigenvalue weighted by molar-refractivity contribution is -0.122. The highest BCUT2D eigenvalue weighted by molar-refractivity contribution is 7.89. The van der Waals surface area contributed by atoms with Crippen LogP contribution in [0.1, 0.15) is 43.7 Å². The third-order valence-electron chi connectivity index (χ3n) is 5.01. The van der Waals surface area contributed by atoms with Gasteiger partial charge in [0.05, 0.1) is 11.4 Å². The van der Waals surface area contributed by atoms with Gasteiger partial charge in [-0.3, -0.25) is 4.79 Å². The van der Waals surface area contributed by atoms with Crippen LogP contribution in [0, 0.1) is 19.8 Å². The van der Waals surface area contributed by atoms with Crippen LogP contribution < -0.4 is 5.32 Å². The second-order valence-corrected chi connectivity index (χ2v) is 8.99. The lowest BCUT2D eigenvalue weighted by Crippen LogP contribution is -2.46. The fourth-order valence-corrected chi connectivity index (χ4v) is 4.34. The van der Waals surface area contributed by atoms with Crippen LogP contribution in [0.25, 0.3) is 0 Å². The highest BCUT2D eigenvalue weighted by atomic mass is 32.2. The predicted octanol–water partition coefficient (Wildman–Crippen LogP) is 2.62. The van der Waals surface area contributed by atoms with E-state index in [4.69, 9.17) is 0 Å². The number of carbonyl (C=O) groups excluding carboxylic acids is 1. The van der Waals surface area contributed by atoms with Gasteiger partial charge in [0.2, 0.25) is 15.9 Å². The smallest absolute Gasteiger partial charge is 0.243 e. The van der Waals surface area contributed by atoms with Crippen molar-refractivity contribution in [3.05, 3.63) is 29.3 Å². The fourth-order valence-electron chi connectivity index (χ4n) is 3.12. The fraction of sp³-hybridized carbons (Fsp3) is 0.611. The van der Waals surface area contributed by atoms with E-state index in [0.717, 1.165) is 34.7 Å². The van der Waals surface area contributed by atoms with Crippen molar-refractivity contribution < 1.29 is 13.2 Å². The van der Waals surface area contributed by atoms with Gasteiger partial charge in [-0.1, -0.05) is 25.8 Å². The van der Waals surface area contributed by atoms with Crippen LogP contribution in [0.4, 0.5) is 0 Å². The second kappa shape index (κ2) is 7.66. The Morgan fingerprint density at radius 1 is 1.21 bits per heavy atom. The van der Waals surface area contributed by atoms with E-state index in [-0.39, 0.29) is 23.4 Å². The molecule has 1 aliphatic carbocycles. The number of hydrogen-bond acceptors (Lipinski definition) is 3. The molecule has 24 heavy (non-hydrogen) atoms. The van der Waals surface area contributed by atoms with Gasteiger partial charge in [-0.15, -0.1) is 0 Å². The minimum atomic E-state index is -3.66. The molecular formula is C18H28N2O3S. The topological polar surface area (TPSA) is 66.5 Å². The first kappa shape index (κ1) is 18.9. The molecule has 0 aliphatic heterocycles. The molecule has 1 amide bonds. The van der Waals surface area contributed by atoms with E-state index in [1.54, 1.807) is 18.2 Å². The Bertz CT molecular complexity index is 700. The average Bonchev–Trinajstić information content (AvgIpc) is 2.52. The zero-order valence-electron chi connectivity index (χ0n) is 15.0. The van der Waals surface area contributed by atoms with Gasteiger partial charge in [-0.2, -0.15) is 4.31 Å². The Kier molecular flexibility index (Phi) is 6.04. The van der Waals surface area contributed by atoms with Crippen molar-refractivity contribution in [2.75, 3.05) is 13.6 Å². The molecule has 6 heteroatoms. The standard InChI is InChI=1S/C18H28N2O3S/c1-13-9-10-16(11-15(13)3)24(22,23)20(4)12-18(21)19-17-8-6-5-7-14(17)2/h9-11,14,17H,5-8,12H2,1-4H3,(H,19,21)/t14-,17+/m0/s1. The summed E-state index contributed by atoms with van der Waals surface area (Å²) < 4.78 is 26.4. The molecule has 1 saturated carbocycles. The second-order valence-electron chi connectivity index (χ2n) is 6.94. The highest BCUT2D eigenvalue weighted by Gasteiger charge is 2.26. The van der Waals surface area contributed by atoms with Crippen molar-refractivity contribution in [2.45, 2.75) is 57.4 Å². The molecule has 2 rings (SSSR count). The molecule has 1 aromatic carbocycles. The number of nitrogens with one attached hydrogen (secondary N) is 1. The third kappa shape index (κ3) is 4.36. The van der Waals surface area contributed by atoms with Gasteiger partial charge < -0.3 is 5.32 Å². The summed E-state index contributed by atoms with van der Waals surface area (Å²) in [4.78, 5) is 12.5. The van der Waals surface area contributed by atoms with Crippen molar-refractivity contribution in [3.8, 4) is 0 Å². The molecule has 134 valence electrons. The van der Waals surface area contributed by atoms with Crippen LogP contribution in [-0.2, 0) is 14.8 Å². The van der Waals surface area contributed by atoms with E-state index >= 15 is 0 Å². The summed E-state index contributed by atoms with van der Waals surface area (Å²) in [7, 11) is -2.20. The third-order valence-corrected chi connectivity index (χ3v) is 6.81. The maximum Gasteiger partial charge on any atom is 0.243 e. The molecule has 1 N–H and O–H groups in total. The van der Waals surface area contributed by atoms with Gasteiger partial charge in [0.1, 0.15) is 0 Å². The van der Waals surface area contributed by atoms with E-state index in [0.29, 0.717) is 5.92 Å². The largest absolute Gasteiger partial charge is 0.352 e. The summed E-state index contributed by atoms with van der Waals surface area (Å²) in [6, 6.07) is 5.20. The Morgan fingerprint density at radius 3 is 2.50 bits per heavy atom. The lowest BCUT2D eigenvalue weighted by Gasteiger charge is -2.30. The van der Waals surface area contributed by atoms with Crippen molar-refractivity contribution in [1.29, 1.82) is 0 Å². The number of nitrogens with zero attached hydrogens (tertiary/aromatic N) is 1. The lowest BCUT2D eigenvalue weighted by atomic mass is 9.86. The summed E-state index contributed by atoms with van der Waals surface area (Å²) in [5.74, 6) is 0.216. The first-order valence-electron chi connectivity index (χ1n) is 8.55. The van der Waals surface area contributed by atoms with Crippen molar-refractivity contribution >= 4 is 15.9 Å². The van der Waals surface area contributed by atoms with Gasteiger partial charge in [0, 0.05) is 13.1 Å². The number of sulfonamides is 1. The summed E-state index contributed by atoms with van der Waals surface area (Å²) in [5.41, 5.74) is 1.96. The maximum absolute atomic E-state index is 12.6. The van der Waals surface area contributed by atoms with E-state index in [9.17, 15) is 13.2 Å². The quantitative estimate of drug-likeness (QED) is 0.886. The van der Waals surface area contributed by atoms with Crippen molar-refractivity contribution in [3.63, 3.8) is 0 Å². The summed E-state index contributed by atoms with van der Waals surface area (Å²) in [6.45, 7) is 5.80. The molecule has 1 aliphatic rings. The van der Waals surface area contributed by atoms with E-state index < -0.39 is 10.0 Å². The number of likely N-dealkylation sites (N-methyl/N-ethyl adjacent to an activating group) is 1. The average molecular weight is 353 g/mol. The zero-order valence-corrected chi connectivity index (χ0v) is 15.8. The molecule has 0 bridgehead atoms. The van der Waals surface area contributed by atoms with Crippen LogP contribution in [0.2, 0.25) is 0 Å². The highest BCUT2D eigenvalue weighted by Crippen LogP contribution is 2.24. The Hall–Kier alpha value is -1.40.